The molecule has 0 fully saturated rings. The van der Waals surface area contributed by atoms with E-state index in [1.807, 2.05) is 0 Å². The second kappa shape index (κ2) is 10.8. The Labute approximate surface area is 188 Å². The minimum absolute atomic E-state index is 0.0405. The summed E-state index contributed by atoms with van der Waals surface area (Å²) in [5, 5.41) is 7.84. The molecule has 0 radical (unpaired) electrons. The number of sulfone groups is 1. The Hall–Kier alpha value is -1.93. The number of nitrogens with two attached hydrogens (primary N) is 1. The maximum atomic E-state index is 13.0. The SMILES string of the molecule is CCCCCCCCS(=O)(=O)c1cc(NCc2ccco2)c(S(=O)(=O)O)cc1S(N)(=O)=O. The Morgan fingerprint density at radius 1 is 0.938 bits per heavy atom. The molecule has 1 aromatic carbocycles. The maximum Gasteiger partial charge on any atom is 0.296 e. The van der Waals surface area contributed by atoms with Gasteiger partial charge >= 0.3 is 0 Å². The number of nitrogens with one attached hydrogen (secondary N) is 1. The molecule has 0 spiro atoms. The molecule has 180 valence electrons. The van der Waals surface area contributed by atoms with Gasteiger partial charge in [0.25, 0.3) is 10.1 Å². The lowest BCUT2D eigenvalue weighted by atomic mass is 10.1. The molecule has 2 aromatic rings. The number of rotatable bonds is 13. The number of sulfonamides is 1. The van der Waals surface area contributed by atoms with Crippen LogP contribution in [0.25, 0.3) is 0 Å². The van der Waals surface area contributed by atoms with Crippen molar-refractivity contribution in [3.8, 4) is 0 Å². The highest BCUT2D eigenvalue weighted by atomic mass is 32.2. The van der Waals surface area contributed by atoms with Crippen LogP contribution in [0.4, 0.5) is 5.69 Å². The van der Waals surface area contributed by atoms with Crippen molar-refractivity contribution >= 4 is 35.7 Å². The molecule has 0 unspecified atom stereocenters. The minimum atomic E-state index is -4.91. The van der Waals surface area contributed by atoms with Gasteiger partial charge in [-0.25, -0.2) is 22.0 Å². The molecular weight excluding hydrogens is 480 g/mol. The van der Waals surface area contributed by atoms with Gasteiger partial charge < -0.3 is 9.73 Å². The lowest BCUT2D eigenvalue weighted by molar-refractivity contribution is 0.482. The summed E-state index contributed by atoms with van der Waals surface area (Å²) < 4.78 is 88.5. The molecule has 32 heavy (non-hydrogen) atoms. The zero-order chi connectivity index (χ0) is 24.0. The molecular formula is C19H28N2O8S3. The lowest BCUT2D eigenvalue weighted by Crippen LogP contribution is -2.20. The number of hydrogen-bond acceptors (Lipinski definition) is 8. The largest absolute Gasteiger partial charge is 0.467 e. The van der Waals surface area contributed by atoms with Crippen molar-refractivity contribution in [3.05, 3.63) is 36.3 Å². The fourth-order valence-corrected chi connectivity index (χ4v) is 6.70. The van der Waals surface area contributed by atoms with E-state index in [4.69, 9.17) is 9.56 Å². The molecule has 0 saturated carbocycles. The van der Waals surface area contributed by atoms with Gasteiger partial charge in [-0.1, -0.05) is 39.0 Å². The molecule has 0 amide bonds. The van der Waals surface area contributed by atoms with E-state index < -0.39 is 44.7 Å². The van der Waals surface area contributed by atoms with Gasteiger partial charge in [0.1, 0.15) is 15.6 Å². The van der Waals surface area contributed by atoms with Crippen molar-refractivity contribution < 1.29 is 34.2 Å². The average molecular weight is 509 g/mol. The highest BCUT2D eigenvalue weighted by Crippen LogP contribution is 2.32. The van der Waals surface area contributed by atoms with Crippen molar-refractivity contribution in [1.82, 2.24) is 0 Å². The van der Waals surface area contributed by atoms with Gasteiger partial charge in [0, 0.05) is 0 Å². The van der Waals surface area contributed by atoms with E-state index in [1.54, 1.807) is 12.1 Å². The van der Waals surface area contributed by atoms with Gasteiger partial charge in [-0.2, -0.15) is 8.42 Å². The summed E-state index contributed by atoms with van der Waals surface area (Å²) in [7, 11) is -13.6. The third kappa shape index (κ3) is 7.30. The molecule has 1 aromatic heterocycles. The van der Waals surface area contributed by atoms with Crippen molar-refractivity contribution in [3.63, 3.8) is 0 Å². The summed E-state index contributed by atoms with van der Waals surface area (Å²) in [5.41, 5.74) is -0.294. The predicted octanol–water partition coefficient (Wildman–Crippen LogP) is 2.92. The van der Waals surface area contributed by atoms with Crippen LogP contribution >= 0.6 is 0 Å². The second-order valence-electron chi connectivity index (χ2n) is 7.33. The Morgan fingerprint density at radius 3 is 2.16 bits per heavy atom. The molecule has 0 bridgehead atoms. The lowest BCUT2D eigenvalue weighted by Gasteiger charge is -2.15. The first kappa shape index (κ1) is 26.3. The summed E-state index contributed by atoms with van der Waals surface area (Å²) in [6, 6.07) is 4.62. The van der Waals surface area contributed by atoms with E-state index in [0.717, 1.165) is 31.7 Å². The Morgan fingerprint density at radius 2 is 1.59 bits per heavy atom. The van der Waals surface area contributed by atoms with Crippen molar-refractivity contribution in [2.45, 2.75) is 66.7 Å². The molecule has 13 heteroatoms. The van der Waals surface area contributed by atoms with E-state index in [0.29, 0.717) is 24.7 Å². The molecule has 2 rings (SSSR count). The zero-order valence-corrected chi connectivity index (χ0v) is 20.1. The van der Waals surface area contributed by atoms with Crippen molar-refractivity contribution in [2.24, 2.45) is 5.14 Å². The van der Waals surface area contributed by atoms with Gasteiger partial charge in [-0.3, -0.25) is 4.55 Å². The fraction of sp³-hybridized carbons (Fsp3) is 0.474. The molecule has 1 heterocycles. The monoisotopic (exact) mass is 508 g/mol. The Balaban J connectivity index is 2.46. The van der Waals surface area contributed by atoms with E-state index in [9.17, 15) is 29.8 Å². The number of unbranched alkanes of at least 4 members (excludes halogenated alkanes) is 5. The number of primary sulfonamides is 1. The first-order valence-electron chi connectivity index (χ1n) is 10.0. The fourth-order valence-electron chi connectivity index (χ4n) is 3.14. The number of benzene rings is 1. The standard InChI is InChI=1S/C19H28N2O8S3/c1-2-3-4-5-6-7-11-30(22,23)18-12-16(21-14-15-9-8-10-29-15)17(32(26,27)28)13-19(18)31(20,24)25/h8-10,12-13,21H,2-7,11,14H2,1H3,(H2,20,24,25)(H,26,27,28). The smallest absolute Gasteiger partial charge is 0.296 e. The van der Waals surface area contributed by atoms with E-state index in [-0.39, 0.29) is 18.0 Å². The summed E-state index contributed by atoms with van der Waals surface area (Å²) in [5.74, 6) is 0.0723. The Bertz CT molecular complexity index is 1220. The molecule has 10 nitrogen and oxygen atoms in total. The first-order chi connectivity index (χ1) is 14.9. The number of anilines is 1. The molecule has 4 N–H and O–H groups in total. The van der Waals surface area contributed by atoms with Crippen molar-refractivity contribution in [2.75, 3.05) is 11.1 Å². The molecule has 0 aliphatic rings. The van der Waals surface area contributed by atoms with Crippen LogP contribution in [0.2, 0.25) is 0 Å². The highest BCUT2D eigenvalue weighted by Gasteiger charge is 2.29. The normalized spacial score (nSPS) is 12.7. The van der Waals surface area contributed by atoms with Gasteiger partial charge in [-0.15, -0.1) is 0 Å². The zero-order valence-electron chi connectivity index (χ0n) is 17.7. The summed E-state index contributed by atoms with van der Waals surface area (Å²) in [4.78, 5) is -2.32. The van der Waals surface area contributed by atoms with Crippen LogP contribution in [0, 0.1) is 0 Å². The van der Waals surface area contributed by atoms with Crippen LogP contribution in [0.5, 0.6) is 0 Å². The van der Waals surface area contributed by atoms with Gasteiger partial charge in [0.05, 0.1) is 29.1 Å². The molecule has 0 atom stereocenters. The molecule has 0 saturated heterocycles. The predicted molar refractivity (Wildman–Crippen MR) is 119 cm³/mol. The van der Waals surface area contributed by atoms with Crippen molar-refractivity contribution in [1.29, 1.82) is 0 Å². The second-order valence-corrected chi connectivity index (χ2v) is 12.3. The van der Waals surface area contributed by atoms with E-state index >= 15 is 0 Å². The summed E-state index contributed by atoms with van der Waals surface area (Å²) >= 11 is 0. The maximum absolute atomic E-state index is 13.0. The molecule has 0 aliphatic carbocycles. The topological polar surface area (TPSA) is 174 Å². The van der Waals surface area contributed by atoms with Gasteiger partial charge in [0.2, 0.25) is 10.0 Å². The Kier molecular flexibility index (Phi) is 8.88. The number of furan rings is 1. The van der Waals surface area contributed by atoms with E-state index in [2.05, 4.69) is 12.2 Å². The van der Waals surface area contributed by atoms with Crippen LogP contribution in [-0.4, -0.2) is 35.6 Å². The van der Waals surface area contributed by atoms with Crippen LogP contribution in [-0.2, 0) is 36.5 Å². The van der Waals surface area contributed by atoms with Crippen LogP contribution in [0.3, 0.4) is 0 Å². The summed E-state index contributed by atoms with van der Waals surface area (Å²) in [6.07, 6.45) is 6.27. The summed E-state index contributed by atoms with van der Waals surface area (Å²) in [6.45, 7) is 2.02. The van der Waals surface area contributed by atoms with E-state index in [1.165, 1.54) is 6.26 Å². The average Bonchev–Trinajstić information content (AvgIpc) is 3.20. The third-order valence-electron chi connectivity index (χ3n) is 4.77. The van der Waals surface area contributed by atoms with Gasteiger partial charge in [0.15, 0.2) is 9.84 Å². The number of hydrogen-bond donors (Lipinski definition) is 3. The highest BCUT2D eigenvalue weighted by molar-refractivity contribution is 7.93. The molecule has 0 aliphatic heterocycles. The third-order valence-corrected chi connectivity index (χ3v) is 8.57. The van der Waals surface area contributed by atoms with Crippen LogP contribution in [0.1, 0.15) is 51.2 Å². The first-order valence-corrected chi connectivity index (χ1v) is 14.7. The minimum Gasteiger partial charge on any atom is -0.467 e. The van der Waals surface area contributed by atoms with Crippen LogP contribution in [0.15, 0.2) is 49.6 Å². The quantitative estimate of drug-likeness (QED) is 0.271. The van der Waals surface area contributed by atoms with Crippen LogP contribution < -0.4 is 10.5 Å². The van der Waals surface area contributed by atoms with Gasteiger partial charge in [-0.05, 0) is 30.7 Å².